The molecule has 0 bridgehead atoms. The van der Waals surface area contributed by atoms with E-state index in [0.29, 0.717) is 18.5 Å². The average molecular weight is 384 g/mol. The Labute approximate surface area is 164 Å². The number of methoxy groups -OCH3 is 1. The largest absolute Gasteiger partial charge is 0.497 e. The van der Waals surface area contributed by atoms with Gasteiger partial charge < -0.3 is 14.5 Å². The van der Waals surface area contributed by atoms with Gasteiger partial charge in [0, 0.05) is 24.4 Å². The first-order chi connectivity index (χ1) is 13.5. The maximum absolute atomic E-state index is 14.1. The van der Waals surface area contributed by atoms with E-state index in [1.54, 1.807) is 30.2 Å². The number of amides is 1. The van der Waals surface area contributed by atoms with Crippen LogP contribution in [0.15, 0.2) is 53.7 Å². The van der Waals surface area contributed by atoms with Gasteiger partial charge in [0.15, 0.2) is 6.10 Å². The summed E-state index contributed by atoms with van der Waals surface area (Å²) in [5, 5.41) is 4.19. The number of oxime groups is 1. The van der Waals surface area contributed by atoms with E-state index in [0.717, 1.165) is 17.0 Å². The molecule has 2 aromatic carbocycles. The lowest BCUT2D eigenvalue weighted by Gasteiger charge is -2.26. The van der Waals surface area contributed by atoms with Crippen LogP contribution in [0.1, 0.15) is 31.4 Å². The van der Waals surface area contributed by atoms with E-state index in [2.05, 4.69) is 5.16 Å². The molecule has 1 atom stereocenters. The molecule has 3 rings (SSSR count). The van der Waals surface area contributed by atoms with Crippen molar-refractivity contribution in [3.05, 3.63) is 65.5 Å². The van der Waals surface area contributed by atoms with Crippen molar-refractivity contribution in [1.29, 1.82) is 0 Å². The number of ether oxygens (including phenoxy) is 1. The highest BCUT2D eigenvalue weighted by Crippen LogP contribution is 2.21. The fourth-order valence-corrected chi connectivity index (χ4v) is 3.16. The van der Waals surface area contributed by atoms with E-state index in [-0.39, 0.29) is 30.3 Å². The maximum atomic E-state index is 14.1. The highest BCUT2D eigenvalue weighted by molar-refractivity contribution is 6.01. The molecule has 0 radical (unpaired) electrons. The normalized spacial score (nSPS) is 15.9. The number of hydrogen-bond acceptors (Lipinski definition) is 4. The summed E-state index contributed by atoms with van der Waals surface area (Å²) < 4.78 is 19.2. The topological polar surface area (TPSA) is 51.1 Å². The fourth-order valence-electron chi connectivity index (χ4n) is 3.16. The standard InChI is InChI=1S/C22H25FN2O3/c1-15(2)22(26)25(13-17-6-4-5-7-20(17)23)14-19-12-21(24-28-19)16-8-10-18(27-3)11-9-16/h4-11,15,19H,12-14H2,1-3H3. The predicted octanol–water partition coefficient (Wildman–Crippen LogP) is 4.01. The van der Waals surface area contributed by atoms with Gasteiger partial charge in [0.25, 0.3) is 0 Å². The quantitative estimate of drug-likeness (QED) is 0.725. The van der Waals surface area contributed by atoms with Crippen LogP contribution in [0.3, 0.4) is 0 Å². The molecule has 0 aliphatic carbocycles. The van der Waals surface area contributed by atoms with Gasteiger partial charge in [-0.3, -0.25) is 4.79 Å². The van der Waals surface area contributed by atoms with Crippen LogP contribution in [0.5, 0.6) is 5.75 Å². The summed E-state index contributed by atoms with van der Waals surface area (Å²) in [6.45, 7) is 4.24. The van der Waals surface area contributed by atoms with Crippen LogP contribution in [0.2, 0.25) is 0 Å². The Kier molecular flexibility index (Phi) is 6.29. The molecule has 2 aromatic rings. The fraction of sp³-hybridized carbons (Fsp3) is 0.364. The molecule has 28 heavy (non-hydrogen) atoms. The Morgan fingerprint density at radius 3 is 2.61 bits per heavy atom. The van der Waals surface area contributed by atoms with Crippen molar-refractivity contribution in [3.8, 4) is 5.75 Å². The Bertz CT molecular complexity index is 849. The lowest BCUT2D eigenvalue weighted by molar-refractivity contribution is -0.137. The smallest absolute Gasteiger partial charge is 0.225 e. The van der Waals surface area contributed by atoms with Crippen molar-refractivity contribution in [3.63, 3.8) is 0 Å². The molecule has 0 saturated heterocycles. The molecule has 148 valence electrons. The van der Waals surface area contributed by atoms with E-state index < -0.39 is 0 Å². The zero-order valence-corrected chi connectivity index (χ0v) is 16.4. The minimum absolute atomic E-state index is 0.0373. The van der Waals surface area contributed by atoms with Gasteiger partial charge in [0.1, 0.15) is 11.6 Å². The number of hydrogen-bond donors (Lipinski definition) is 0. The van der Waals surface area contributed by atoms with E-state index in [9.17, 15) is 9.18 Å². The maximum Gasteiger partial charge on any atom is 0.225 e. The molecule has 1 heterocycles. The van der Waals surface area contributed by atoms with Crippen molar-refractivity contribution in [2.75, 3.05) is 13.7 Å². The van der Waals surface area contributed by atoms with Crippen molar-refractivity contribution in [1.82, 2.24) is 4.90 Å². The molecule has 0 saturated carbocycles. The molecular weight excluding hydrogens is 359 g/mol. The first-order valence-electron chi connectivity index (χ1n) is 9.37. The lowest BCUT2D eigenvalue weighted by Crippen LogP contribution is -2.39. The van der Waals surface area contributed by atoms with E-state index in [1.807, 2.05) is 38.1 Å². The van der Waals surface area contributed by atoms with Gasteiger partial charge in [-0.2, -0.15) is 0 Å². The van der Waals surface area contributed by atoms with Crippen LogP contribution in [-0.2, 0) is 16.2 Å². The summed E-state index contributed by atoms with van der Waals surface area (Å²) in [4.78, 5) is 19.9. The lowest BCUT2D eigenvalue weighted by atomic mass is 10.0. The Hall–Kier alpha value is -2.89. The van der Waals surface area contributed by atoms with Crippen LogP contribution < -0.4 is 4.74 Å². The first-order valence-corrected chi connectivity index (χ1v) is 9.37. The van der Waals surface area contributed by atoms with Crippen molar-refractivity contribution >= 4 is 11.6 Å². The van der Waals surface area contributed by atoms with E-state index in [1.165, 1.54) is 6.07 Å². The van der Waals surface area contributed by atoms with Gasteiger partial charge in [0.2, 0.25) is 5.91 Å². The highest BCUT2D eigenvalue weighted by Gasteiger charge is 2.28. The number of benzene rings is 2. The SMILES string of the molecule is COc1ccc(C2=NOC(CN(Cc3ccccc3F)C(=O)C(C)C)C2)cc1. The van der Waals surface area contributed by atoms with Gasteiger partial charge in [-0.05, 0) is 35.9 Å². The van der Waals surface area contributed by atoms with E-state index >= 15 is 0 Å². The molecule has 1 amide bonds. The second-order valence-electron chi connectivity index (χ2n) is 7.16. The van der Waals surface area contributed by atoms with Crippen molar-refractivity contribution in [2.24, 2.45) is 11.1 Å². The minimum atomic E-state index is -0.313. The molecule has 5 nitrogen and oxygen atoms in total. The molecule has 1 aliphatic rings. The van der Waals surface area contributed by atoms with Gasteiger partial charge >= 0.3 is 0 Å². The Balaban J connectivity index is 1.68. The summed E-state index contributed by atoms with van der Waals surface area (Å²) in [6.07, 6.45) is 0.331. The van der Waals surface area contributed by atoms with Gasteiger partial charge in [0.05, 0.1) is 19.4 Å². The van der Waals surface area contributed by atoms with Gasteiger partial charge in [-0.1, -0.05) is 37.2 Å². The molecule has 1 aliphatic heterocycles. The molecule has 0 fully saturated rings. The zero-order chi connectivity index (χ0) is 20.1. The van der Waals surface area contributed by atoms with Crippen molar-refractivity contribution in [2.45, 2.75) is 32.9 Å². The monoisotopic (exact) mass is 384 g/mol. The number of carbonyl (C=O) groups excluding carboxylic acids is 1. The molecule has 6 heteroatoms. The third kappa shape index (κ3) is 4.68. The molecular formula is C22H25FN2O3. The van der Waals surface area contributed by atoms with Crippen LogP contribution in [0.4, 0.5) is 4.39 Å². The van der Waals surface area contributed by atoms with Gasteiger partial charge in [-0.15, -0.1) is 0 Å². The molecule has 0 spiro atoms. The average Bonchev–Trinajstić information content (AvgIpc) is 3.17. The predicted molar refractivity (Wildman–Crippen MR) is 106 cm³/mol. The third-order valence-electron chi connectivity index (χ3n) is 4.70. The highest BCUT2D eigenvalue weighted by atomic mass is 19.1. The minimum Gasteiger partial charge on any atom is -0.497 e. The number of rotatable bonds is 7. The number of nitrogens with zero attached hydrogens (tertiary/aromatic N) is 2. The summed E-state index contributed by atoms with van der Waals surface area (Å²) in [7, 11) is 1.62. The molecule has 0 aromatic heterocycles. The molecule has 1 unspecified atom stereocenters. The van der Waals surface area contributed by atoms with E-state index in [4.69, 9.17) is 9.57 Å². The number of carbonyl (C=O) groups is 1. The number of halogens is 1. The third-order valence-corrected chi connectivity index (χ3v) is 4.70. The van der Waals surface area contributed by atoms with Crippen molar-refractivity contribution < 1.29 is 18.8 Å². The second-order valence-corrected chi connectivity index (χ2v) is 7.16. The van der Waals surface area contributed by atoms with Crippen LogP contribution in [0, 0.1) is 11.7 Å². The Morgan fingerprint density at radius 2 is 1.96 bits per heavy atom. The first kappa shape index (κ1) is 19.9. The zero-order valence-electron chi connectivity index (χ0n) is 16.4. The summed E-state index contributed by atoms with van der Waals surface area (Å²) in [5.41, 5.74) is 2.28. The Morgan fingerprint density at radius 1 is 1.25 bits per heavy atom. The summed E-state index contributed by atoms with van der Waals surface area (Å²) >= 11 is 0. The van der Waals surface area contributed by atoms with Crippen LogP contribution in [-0.4, -0.2) is 36.3 Å². The van der Waals surface area contributed by atoms with Crippen LogP contribution >= 0.6 is 0 Å². The van der Waals surface area contributed by atoms with Gasteiger partial charge in [-0.25, -0.2) is 4.39 Å². The summed E-state index contributed by atoms with van der Waals surface area (Å²) in [5.74, 6) is 0.241. The second kappa shape index (κ2) is 8.87. The van der Waals surface area contributed by atoms with Crippen LogP contribution in [0.25, 0.3) is 0 Å². The summed E-state index contributed by atoms with van der Waals surface area (Å²) in [6, 6.07) is 14.1. The molecule has 0 N–H and O–H groups in total.